The Morgan fingerprint density at radius 1 is 1.32 bits per heavy atom. The van der Waals surface area contributed by atoms with Gasteiger partial charge in [0, 0.05) is 11.6 Å². The molecule has 0 unspecified atom stereocenters. The average Bonchev–Trinajstić information content (AvgIpc) is 2.96. The van der Waals surface area contributed by atoms with Crippen LogP contribution in [-0.2, 0) is 11.2 Å². The van der Waals surface area contributed by atoms with Crippen molar-refractivity contribution >= 4 is 33.4 Å². The second kappa shape index (κ2) is 4.69. The van der Waals surface area contributed by atoms with Gasteiger partial charge < -0.3 is 15.3 Å². The van der Waals surface area contributed by atoms with Crippen molar-refractivity contribution in [2.45, 2.75) is 6.42 Å². The molecule has 3 aromatic rings. The van der Waals surface area contributed by atoms with Crippen molar-refractivity contribution in [1.29, 1.82) is 0 Å². The fourth-order valence-electron chi connectivity index (χ4n) is 1.82. The molecule has 1 amide bonds. The molecule has 0 saturated carbocycles. The standard InChI is InChI=1S/C12H10N4O2S/c17-10(16-12-13-3-4-19-12)6-7-1-2-8-9(5-7)15-11(18)14-8/h1-5H,6H2,(H,13,16,17)(H2,14,15,18). The summed E-state index contributed by atoms with van der Waals surface area (Å²) in [6.07, 6.45) is 1.87. The Hall–Kier alpha value is -2.41. The number of nitrogens with one attached hydrogen (secondary N) is 3. The molecule has 7 heteroatoms. The van der Waals surface area contributed by atoms with Gasteiger partial charge >= 0.3 is 5.69 Å². The summed E-state index contributed by atoms with van der Waals surface area (Å²) in [5.74, 6) is -0.132. The summed E-state index contributed by atoms with van der Waals surface area (Å²) in [7, 11) is 0. The number of nitrogens with zero attached hydrogens (tertiary/aromatic N) is 1. The van der Waals surface area contributed by atoms with E-state index in [9.17, 15) is 9.59 Å². The quantitative estimate of drug-likeness (QED) is 0.676. The lowest BCUT2D eigenvalue weighted by Crippen LogP contribution is -2.14. The van der Waals surface area contributed by atoms with Crippen LogP contribution in [0.2, 0.25) is 0 Å². The van der Waals surface area contributed by atoms with E-state index in [1.807, 2.05) is 6.07 Å². The molecule has 0 fully saturated rings. The van der Waals surface area contributed by atoms with Crippen molar-refractivity contribution in [3.05, 3.63) is 45.8 Å². The second-order valence-electron chi connectivity index (χ2n) is 4.02. The number of anilines is 1. The molecule has 96 valence electrons. The highest BCUT2D eigenvalue weighted by Gasteiger charge is 2.07. The number of carbonyl (C=O) groups is 1. The van der Waals surface area contributed by atoms with Crippen LogP contribution in [0.1, 0.15) is 5.56 Å². The van der Waals surface area contributed by atoms with E-state index in [0.717, 1.165) is 11.1 Å². The first-order valence-electron chi connectivity index (χ1n) is 5.61. The van der Waals surface area contributed by atoms with E-state index < -0.39 is 0 Å². The SMILES string of the molecule is O=C(Cc1ccc2[nH]c(=O)[nH]c2c1)Nc1nccs1. The van der Waals surface area contributed by atoms with Crippen LogP contribution in [0.5, 0.6) is 0 Å². The van der Waals surface area contributed by atoms with E-state index in [1.54, 1.807) is 23.7 Å². The summed E-state index contributed by atoms with van der Waals surface area (Å²) in [6.45, 7) is 0. The zero-order valence-corrected chi connectivity index (χ0v) is 10.6. The third kappa shape index (κ3) is 2.55. The van der Waals surface area contributed by atoms with Gasteiger partial charge in [0.2, 0.25) is 5.91 Å². The number of carbonyl (C=O) groups excluding carboxylic acids is 1. The molecule has 0 bridgehead atoms. The molecule has 3 rings (SSSR count). The molecule has 1 aromatic carbocycles. The molecular weight excluding hydrogens is 264 g/mol. The van der Waals surface area contributed by atoms with E-state index in [2.05, 4.69) is 20.3 Å². The van der Waals surface area contributed by atoms with E-state index in [-0.39, 0.29) is 18.0 Å². The van der Waals surface area contributed by atoms with Gasteiger partial charge in [0.15, 0.2) is 5.13 Å². The molecule has 0 saturated heterocycles. The Kier molecular flexibility index (Phi) is 2.88. The van der Waals surface area contributed by atoms with Crippen molar-refractivity contribution in [3.8, 4) is 0 Å². The lowest BCUT2D eigenvalue weighted by Gasteiger charge is -2.02. The number of rotatable bonds is 3. The predicted octanol–water partition coefficient (Wildman–Crippen LogP) is 1.49. The van der Waals surface area contributed by atoms with Gasteiger partial charge in [-0.05, 0) is 17.7 Å². The first-order chi connectivity index (χ1) is 9.20. The summed E-state index contributed by atoms with van der Waals surface area (Å²) in [4.78, 5) is 32.2. The summed E-state index contributed by atoms with van der Waals surface area (Å²) < 4.78 is 0. The van der Waals surface area contributed by atoms with Crippen LogP contribution in [0.4, 0.5) is 5.13 Å². The van der Waals surface area contributed by atoms with Crippen LogP contribution in [0.15, 0.2) is 34.6 Å². The third-order valence-electron chi connectivity index (χ3n) is 2.62. The van der Waals surface area contributed by atoms with Crippen LogP contribution in [-0.4, -0.2) is 20.9 Å². The maximum absolute atomic E-state index is 11.8. The largest absolute Gasteiger partial charge is 0.323 e. The number of fused-ring (bicyclic) bond motifs is 1. The molecule has 2 heterocycles. The summed E-state index contributed by atoms with van der Waals surface area (Å²) in [6, 6.07) is 5.38. The van der Waals surface area contributed by atoms with Gasteiger partial charge in [-0.2, -0.15) is 0 Å². The van der Waals surface area contributed by atoms with Crippen LogP contribution in [0.25, 0.3) is 11.0 Å². The molecule has 0 aliphatic carbocycles. The minimum absolute atomic E-state index is 0.132. The van der Waals surface area contributed by atoms with Gasteiger partial charge in [-0.1, -0.05) is 6.07 Å². The van der Waals surface area contributed by atoms with E-state index >= 15 is 0 Å². The number of aromatic amines is 2. The number of hydrogen-bond donors (Lipinski definition) is 3. The zero-order chi connectivity index (χ0) is 13.2. The minimum atomic E-state index is -0.251. The molecule has 0 aliphatic rings. The smallest absolute Gasteiger partial charge is 0.306 e. The number of benzene rings is 1. The normalized spacial score (nSPS) is 10.7. The Morgan fingerprint density at radius 3 is 2.95 bits per heavy atom. The van der Waals surface area contributed by atoms with Crippen molar-refractivity contribution < 1.29 is 4.79 Å². The number of thiazole rings is 1. The average molecular weight is 274 g/mol. The van der Waals surface area contributed by atoms with Gasteiger partial charge in [-0.15, -0.1) is 11.3 Å². The number of imidazole rings is 1. The fraction of sp³-hybridized carbons (Fsp3) is 0.0833. The molecule has 0 atom stereocenters. The van der Waals surface area contributed by atoms with Gasteiger partial charge in [-0.25, -0.2) is 9.78 Å². The maximum atomic E-state index is 11.8. The molecule has 2 aromatic heterocycles. The predicted molar refractivity (Wildman–Crippen MR) is 73.4 cm³/mol. The second-order valence-corrected chi connectivity index (χ2v) is 4.92. The lowest BCUT2D eigenvalue weighted by atomic mass is 10.1. The topological polar surface area (TPSA) is 90.6 Å². The molecular formula is C12H10N4O2S. The van der Waals surface area contributed by atoms with Crippen LogP contribution in [0.3, 0.4) is 0 Å². The van der Waals surface area contributed by atoms with Gasteiger partial charge in [0.25, 0.3) is 0 Å². The monoisotopic (exact) mass is 274 g/mol. The number of aromatic nitrogens is 3. The number of hydrogen-bond acceptors (Lipinski definition) is 4. The van der Waals surface area contributed by atoms with Crippen molar-refractivity contribution in [3.63, 3.8) is 0 Å². The van der Waals surface area contributed by atoms with E-state index in [0.29, 0.717) is 10.6 Å². The highest BCUT2D eigenvalue weighted by molar-refractivity contribution is 7.13. The van der Waals surface area contributed by atoms with Crippen molar-refractivity contribution in [1.82, 2.24) is 15.0 Å². The Balaban J connectivity index is 1.77. The maximum Gasteiger partial charge on any atom is 0.323 e. The first-order valence-corrected chi connectivity index (χ1v) is 6.49. The Bertz CT molecular complexity index is 772. The molecule has 0 spiro atoms. The minimum Gasteiger partial charge on any atom is -0.306 e. The molecule has 0 aliphatic heterocycles. The highest BCUT2D eigenvalue weighted by Crippen LogP contribution is 2.13. The van der Waals surface area contributed by atoms with Crippen LogP contribution < -0.4 is 11.0 Å². The van der Waals surface area contributed by atoms with E-state index in [1.165, 1.54) is 11.3 Å². The Morgan fingerprint density at radius 2 is 2.16 bits per heavy atom. The van der Waals surface area contributed by atoms with Gasteiger partial charge in [0.05, 0.1) is 17.5 Å². The Labute approximate surface area is 111 Å². The lowest BCUT2D eigenvalue weighted by molar-refractivity contribution is -0.115. The highest BCUT2D eigenvalue weighted by atomic mass is 32.1. The molecule has 3 N–H and O–H groups in total. The molecule has 6 nitrogen and oxygen atoms in total. The van der Waals surface area contributed by atoms with Crippen LogP contribution in [0, 0.1) is 0 Å². The zero-order valence-electron chi connectivity index (χ0n) is 9.77. The number of H-pyrrole nitrogens is 2. The summed E-state index contributed by atoms with van der Waals surface area (Å²) in [5, 5.41) is 5.09. The fourth-order valence-corrected chi connectivity index (χ4v) is 2.37. The van der Waals surface area contributed by atoms with Gasteiger partial charge in [-0.3, -0.25) is 4.79 Å². The molecule has 0 radical (unpaired) electrons. The number of amides is 1. The third-order valence-corrected chi connectivity index (χ3v) is 3.31. The van der Waals surface area contributed by atoms with Crippen molar-refractivity contribution in [2.75, 3.05) is 5.32 Å². The first kappa shape index (κ1) is 11.7. The van der Waals surface area contributed by atoms with E-state index in [4.69, 9.17) is 0 Å². The molecule has 19 heavy (non-hydrogen) atoms. The van der Waals surface area contributed by atoms with Gasteiger partial charge in [0.1, 0.15) is 0 Å². The van der Waals surface area contributed by atoms with Crippen molar-refractivity contribution in [2.24, 2.45) is 0 Å². The summed E-state index contributed by atoms with van der Waals surface area (Å²) >= 11 is 1.37. The van der Waals surface area contributed by atoms with Crippen LogP contribution >= 0.6 is 11.3 Å². The summed E-state index contributed by atoms with van der Waals surface area (Å²) in [5.41, 5.74) is 2.01.